The average Bonchev–Trinajstić information content (AvgIpc) is 2.49. The highest BCUT2D eigenvalue weighted by atomic mass is 79.9. The third kappa shape index (κ3) is 3.36. The molecule has 0 aliphatic carbocycles. The summed E-state index contributed by atoms with van der Waals surface area (Å²) in [6.07, 6.45) is 0. The minimum atomic E-state index is -0.211. The van der Waals surface area contributed by atoms with E-state index in [1.807, 2.05) is 19.1 Å². The number of hydrogen-bond acceptors (Lipinski definition) is 3. The molecule has 2 aromatic carbocycles. The number of anilines is 1. The zero-order chi connectivity index (χ0) is 15.4. The predicted molar refractivity (Wildman–Crippen MR) is 86.4 cm³/mol. The van der Waals surface area contributed by atoms with E-state index >= 15 is 0 Å². The number of ether oxygens (including phenoxy) is 2. The maximum atomic E-state index is 12.4. The fourth-order valence-corrected chi connectivity index (χ4v) is 2.37. The van der Waals surface area contributed by atoms with Crippen molar-refractivity contribution in [1.29, 1.82) is 0 Å². The highest BCUT2D eigenvalue weighted by Crippen LogP contribution is 2.30. The molecule has 0 aliphatic heterocycles. The van der Waals surface area contributed by atoms with Crippen molar-refractivity contribution in [3.8, 4) is 11.5 Å². The van der Waals surface area contributed by atoms with E-state index in [4.69, 9.17) is 9.47 Å². The van der Waals surface area contributed by atoms with Gasteiger partial charge in [-0.1, -0.05) is 12.1 Å². The highest BCUT2D eigenvalue weighted by molar-refractivity contribution is 9.10. The van der Waals surface area contributed by atoms with Crippen LogP contribution in [0.4, 0.5) is 5.69 Å². The molecular weight excluding hydrogens is 334 g/mol. The van der Waals surface area contributed by atoms with E-state index in [1.54, 1.807) is 38.5 Å². The van der Waals surface area contributed by atoms with Gasteiger partial charge in [0.05, 0.1) is 25.5 Å². The Balaban J connectivity index is 2.33. The summed E-state index contributed by atoms with van der Waals surface area (Å²) in [6.45, 7) is 1.94. The van der Waals surface area contributed by atoms with Gasteiger partial charge in [0.2, 0.25) is 0 Å². The quantitative estimate of drug-likeness (QED) is 0.906. The minimum absolute atomic E-state index is 0.211. The summed E-state index contributed by atoms with van der Waals surface area (Å²) in [7, 11) is 3.13. The van der Waals surface area contributed by atoms with Gasteiger partial charge in [-0.25, -0.2) is 0 Å². The van der Waals surface area contributed by atoms with Gasteiger partial charge in [-0.2, -0.15) is 0 Å². The summed E-state index contributed by atoms with van der Waals surface area (Å²) in [4.78, 5) is 12.4. The number of carbonyl (C=O) groups excluding carboxylic acids is 1. The fraction of sp³-hybridized carbons (Fsp3) is 0.188. The zero-order valence-corrected chi connectivity index (χ0v) is 13.7. The first-order valence-corrected chi connectivity index (χ1v) is 7.14. The van der Waals surface area contributed by atoms with E-state index in [1.165, 1.54) is 0 Å². The average molecular weight is 350 g/mol. The van der Waals surface area contributed by atoms with Crippen LogP contribution >= 0.6 is 15.9 Å². The predicted octanol–water partition coefficient (Wildman–Crippen LogP) is 4.03. The Morgan fingerprint density at radius 2 is 1.90 bits per heavy atom. The zero-order valence-electron chi connectivity index (χ0n) is 12.1. The summed E-state index contributed by atoms with van der Waals surface area (Å²) in [5, 5.41) is 2.85. The molecule has 5 heteroatoms. The van der Waals surface area contributed by atoms with Crippen molar-refractivity contribution >= 4 is 27.5 Å². The molecule has 110 valence electrons. The lowest BCUT2D eigenvalue weighted by molar-refractivity contribution is 0.102. The number of rotatable bonds is 4. The molecule has 0 saturated heterocycles. The Hall–Kier alpha value is -2.01. The standard InChI is InChI=1S/C16H16BrNO3/c1-10-5-4-6-12(15(10)17)16(19)18-13-9-11(20-2)7-8-14(13)21-3/h4-9H,1-3H3,(H,18,19). The fourth-order valence-electron chi connectivity index (χ4n) is 1.92. The molecular formula is C16H16BrNO3. The number of nitrogens with one attached hydrogen (secondary N) is 1. The molecule has 21 heavy (non-hydrogen) atoms. The molecule has 0 spiro atoms. The van der Waals surface area contributed by atoms with Crippen molar-refractivity contribution in [2.45, 2.75) is 6.92 Å². The van der Waals surface area contributed by atoms with Crippen LogP contribution in [0.1, 0.15) is 15.9 Å². The van der Waals surface area contributed by atoms with E-state index in [2.05, 4.69) is 21.2 Å². The van der Waals surface area contributed by atoms with Crippen molar-refractivity contribution in [3.05, 3.63) is 52.0 Å². The van der Waals surface area contributed by atoms with E-state index in [0.29, 0.717) is 22.7 Å². The lowest BCUT2D eigenvalue weighted by atomic mass is 10.1. The van der Waals surface area contributed by atoms with Gasteiger partial charge in [0.15, 0.2) is 0 Å². The Morgan fingerprint density at radius 1 is 1.14 bits per heavy atom. The van der Waals surface area contributed by atoms with Crippen molar-refractivity contribution in [2.24, 2.45) is 0 Å². The molecule has 0 unspecified atom stereocenters. The maximum absolute atomic E-state index is 12.4. The van der Waals surface area contributed by atoms with Crippen LogP contribution in [0.2, 0.25) is 0 Å². The number of benzene rings is 2. The lowest BCUT2D eigenvalue weighted by Gasteiger charge is -2.13. The Morgan fingerprint density at radius 3 is 2.57 bits per heavy atom. The van der Waals surface area contributed by atoms with Gasteiger partial charge in [-0.05, 0) is 46.6 Å². The van der Waals surface area contributed by atoms with Crippen molar-refractivity contribution in [2.75, 3.05) is 19.5 Å². The topological polar surface area (TPSA) is 47.6 Å². The Kier molecular flexibility index (Phi) is 4.85. The minimum Gasteiger partial charge on any atom is -0.497 e. The van der Waals surface area contributed by atoms with Gasteiger partial charge in [-0.15, -0.1) is 0 Å². The summed E-state index contributed by atoms with van der Waals surface area (Å²) in [5.41, 5.74) is 2.13. The number of amides is 1. The van der Waals surface area contributed by atoms with Crippen LogP contribution in [-0.2, 0) is 0 Å². The molecule has 0 aromatic heterocycles. The number of halogens is 1. The van der Waals surface area contributed by atoms with E-state index in [0.717, 1.165) is 10.0 Å². The molecule has 0 atom stereocenters. The first-order valence-electron chi connectivity index (χ1n) is 6.35. The third-order valence-corrected chi connectivity index (χ3v) is 4.14. The maximum Gasteiger partial charge on any atom is 0.256 e. The summed E-state index contributed by atoms with van der Waals surface area (Å²) in [5.74, 6) is 1.01. The molecule has 2 rings (SSSR count). The van der Waals surface area contributed by atoms with Crippen LogP contribution in [0.3, 0.4) is 0 Å². The van der Waals surface area contributed by atoms with Crippen LogP contribution < -0.4 is 14.8 Å². The monoisotopic (exact) mass is 349 g/mol. The largest absolute Gasteiger partial charge is 0.497 e. The van der Waals surface area contributed by atoms with Crippen LogP contribution in [0, 0.1) is 6.92 Å². The first-order chi connectivity index (χ1) is 10.1. The smallest absolute Gasteiger partial charge is 0.256 e. The summed E-state index contributed by atoms with van der Waals surface area (Å²) >= 11 is 3.44. The second kappa shape index (κ2) is 6.63. The molecule has 0 aliphatic rings. The van der Waals surface area contributed by atoms with Gasteiger partial charge in [-0.3, -0.25) is 4.79 Å². The third-order valence-electron chi connectivity index (χ3n) is 3.09. The van der Waals surface area contributed by atoms with Crippen LogP contribution in [0.25, 0.3) is 0 Å². The molecule has 4 nitrogen and oxygen atoms in total. The van der Waals surface area contributed by atoms with Gasteiger partial charge in [0.25, 0.3) is 5.91 Å². The van der Waals surface area contributed by atoms with E-state index in [-0.39, 0.29) is 5.91 Å². The van der Waals surface area contributed by atoms with E-state index in [9.17, 15) is 4.79 Å². The van der Waals surface area contributed by atoms with Crippen molar-refractivity contribution < 1.29 is 14.3 Å². The van der Waals surface area contributed by atoms with Gasteiger partial charge >= 0.3 is 0 Å². The Bertz CT molecular complexity index is 671. The SMILES string of the molecule is COc1ccc(OC)c(NC(=O)c2cccc(C)c2Br)c1. The molecule has 0 bridgehead atoms. The molecule has 0 heterocycles. The van der Waals surface area contributed by atoms with Gasteiger partial charge in [0.1, 0.15) is 11.5 Å². The van der Waals surface area contributed by atoms with Crippen LogP contribution in [0.5, 0.6) is 11.5 Å². The second-order valence-electron chi connectivity index (χ2n) is 4.46. The molecule has 2 aromatic rings. The molecule has 0 saturated carbocycles. The van der Waals surface area contributed by atoms with Crippen LogP contribution in [-0.4, -0.2) is 20.1 Å². The molecule has 0 radical (unpaired) electrons. The molecule has 1 amide bonds. The lowest BCUT2D eigenvalue weighted by Crippen LogP contribution is -2.13. The summed E-state index contributed by atoms with van der Waals surface area (Å²) in [6, 6.07) is 10.8. The number of hydrogen-bond donors (Lipinski definition) is 1. The number of carbonyl (C=O) groups is 1. The number of aryl methyl sites for hydroxylation is 1. The molecule has 0 fully saturated rings. The van der Waals surface area contributed by atoms with Gasteiger partial charge < -0.3 is 14.8 Å². The summed E-state index contributed by atoms with van der Waals surface area (Å²) < 4.78 is 11.2. The second-order valence-corrected chi connectivity index (χ2v) is 5.25. The number of methoxy groups -OCH3 is 2. The normalized spacial score (nSPS) is 10.1. The van der Waals surface area contributed by atoms with Gasteiger partial charge in [0, 0.05) is 10.5 Å². The first kappa shape index (κ1) is 15.4. The van der Waals surface area contributed by atoms with E-state index < -0.39 is 0 Å². The van der Waals surface area contributed by atoms with Crippen molar-refractivity contribution in [3.63, 3.8) is 0 Å². The molecule has 1 N–H and O–H groups in total. The van der Waals surface area contributed by atoms with Crippen LogP contribution in [0.15, 0.2) is 40.9 Å². The van der Waals surface area contributed by atoms with Crippen molar-refractivity contribution in [1.82, 2.24) is 0 Å². The Labute approximate surface area is 132 Å². The highest BCUT2D eigenvalue weighted by Gasteiger charge is 2.14.